The molecule has 37 heavy (non-hydrogen) atoms. The van der Waals surface area contributed by atoms with Gasteiger partial charge in [0.1, 0.15) is 28.5 Å². The molecular weight excluding hydrogens is 496 g/mol. The predicted octanol–water partition coefficient (Wildman–Crippen LogP) is 3.58. The van der Waals surface area contributed by atoms with Crippen LogP contribution in [-0.4, -0.2) is 33.2 Å². The van der Waals surface area contributed by atoms with E-state index >= 15 is 0 Å². The van der Waals surface area contributed by atoms with Crippen molar-refractivity contribution in [1.29, 1.82) is 0 Å². The van der Waals surface area contributed by atoms with E-state index in [9.17, 15) is 14.4 Å². The third-order valence-corrected chi connectivity index (χ3v) is 7.57. The number of amides is 1. The third-order valence-electron chi connectivity index (χ3n) is 6.27. The number of methoxy groups -OCH3 is 1. The van der Waals surface area contributed by atoms with E-state index in [1.807, 2.05) is 38.1 Å². The third kappa shape index (κ3) is 4.60. The Hall–Kier alpha value is -3.70. The van der Waals surface area contributed by atoms with Crippen LogP contribution in [-0.2, 0) is 21.6 Å². The molecule has 3 heterocycles. The molecule has 0 bridgehead atoms. The first kappa shape index (κ1) is 26.4. The van der Waals surface area contributed by atoms with Crippen LogP contribution in [0.2, 0.25) is 0 Å². The van der Waals surface area contributed by atoms with Crippen molar-refractivity contribution >= 4 is 27.5 Å². The molecular formula is C26H30N4O6S. The van der Waals surface area contributed by atoms with E-state index in [1.165, 1.54) is 42.2 Å². The molecule has 0 spiro atoms. The van der Waals surface area contributed by atoms with Crippen LogP contribution in [0, 0.1) is 6.92 Å². The number of thiophene rings is 1. The molecule has 0 saturated carbocycles. The van der Waals surface area contributed by atoms with Gasteiger partial charge in [0.25, 0.3) is 5.56 Å². The highest BCUT2D eigenvalue weighted by molar-refractivity contribution is 7.22. The van der Waals surface area contributed by atoms with E-state index in [1.54, 1.807) is 14.0 Å². The van der Waals surface area contributed by atoms with Crippen LogP contribution < -0.4 is 21.7 Å². The average molecular weight is 527 g/mol. The number of primary amides is 1. The Morgan fingerprint density at radius 3 is 2.54 bits per heavy atom. The molecule has 0 aliphatic rings. The first-order chi connectivity index (χ1) is 17.5. The minimum absolute atomic E-state index is 0.0496. The van der Waals surface area contributed by atoms with Gasteiger partial charge in [-0.15, -0.1) is 11.3 Å². The lowest BCUT2D eigenvalue weighted by molar-refractivity contribution is -0.125. The second kappa shape index (κ2) is 9.98. The van der Waals surface area contributed by atoms with Gasteiger partial charge in [0.2, 0.25) is 11.8 Å². The molecule has 10 nitrogen and oxygen atoms in total. The number of carbonyl (C=O) groups excluding carboxylic acids is 1. The zero-order chi connectivity index (χ0) is 27.1. The van der Waals surface area contributed by atoms with Crippen LogP contribution in [0.3, 0.4) is 0 Å². The summed E-state index contributed by atoms with van der Waals surface area (Å²) in [7, 11) is 1.57. The monoisotopic (exact) mass is 526 g/mol. The smallest absolute Gasteiger partial charge is 0.333 e. The Morgan fingerprint density at radius 2 is 1.95 bits per heavy atom. The summed E-state index contributed by atoms with van der Waals surface area (Å²) in [6.45, 7) is 8.51. The molecule has 4 rings (SSSR count). The SMILES string of the molecule is COc1ccccc1[C@@H](Cn1c(=O)n(C(C)(C)C(N)=O)c(=O)c2c(C)c(-c3ncco3)sc21)OC(C)C. The van der Waals surface area contributed by atoms with Gasteiger partial charge in [-0.05, 0) is 46.2 Å². The second-order valence-corrected chi connectivity index (χ2v) is 10.4. The van der Waals surface area contributed by atoms with Gasteiger partial charge >= 0.3 is 5.69 Å². The molecule has 1 atom stereocenters. The summed E-state index contributed by atoms with van der Waals surface area (Å²) >= 11 is 1.22. The van der Waals surface area contributed by atoms with Crippen LogP contribution in [0.1, 0.15) is 44.9 Å². The fraction of sp³-hybridized carbons (Fsp3) is 0.385. The van der Waals surface area contributed by atoms with Crippen LogP contribution in [0.25, 0.3) is 21.0 Å². The number of carbonyl (C=O) groups is 1. The molecule has 4 aromatic rings. The van der Waals surface area contributed by atoms with Crippen LogP contribution in [0.4, 0.5) is 0 Å². The summed E-state index contributed by atoms with van der Waals surface area (Å²) in [5.74, 6) is 0.127. The van der Waals surface area contributed by atoms with Gasteiger partial charge in [-0.3, -0.25) is 14.2 Å². The van der Waals surface area contributed by atoms with E-state index < -0.39 is 28.8 Å². The van der Waals surface area contributed by atoms with Gasteiger partial charge in [-0.25, -0.2) is 14.3 Å². The average Bonchev–Trinajstić information content (AvgIpc) is 3.48. The summed E-state index contributed by atoms with van der Waals surface area (Å²) in [5, 5.41) is 0.287. The van der Waals surface area contributed by atoms with Crippen molar-refractivity contribution in [2.75, 3.05) is 7.11 Å². The topological polar surface area (TPSA) is 132 Å². The molecule has 1 aromatic carbocycles. The molecule has 3 aromatic heterocycles. The summed E-state index contributed by atoms with van der Waals surface area (Å²) in [6.07, 6.45) is 2.17. The predicted molar refractivity (Wildman–Crippen MR) is 141 cm³/mol. The van der Waals surface area contributed by atoms with Gasteiger partial charge in [0.15, 0.2) is 0 Å². The van der Waals surface area contributed by atoms with Crippen molar-refractivity contribution in [2.24, 2.45) is 5.73 Å². The molecule has 11 heteroatoms. The van der Waals surface area contributed by atoms with E-state index in [0.29, 0.717) is 26.9 Å². The Kier molecular flexibility index (Phi) is 7.11. The number of fused-ring (bicyclic) bond motifs is 1. The maximum absolute atomic E-state index is 14.0. The molecule has 0 saturated heterocycles. The normalized spacial score (nSPS) is 12.8. The molecule has 0 fully saturated rings. The van der Waals surface area contributed by atoms with Crippen molar-refractivity contribution in [2.45, 2.75) is 58.9 Å². The van der Waals surface area contributed by atoms with Gasteiger partial charge in [0, 0.05) is 5.56 Å². The van der Waals surface area contributed by atoms with Gasteiger partial charge < -0.3 is 19.6 Å². The first-order valence-electron chi connectivity index (χ1n) is 11.8. The highest BCUT2D eigenvalue weighted by atomic mass is 32.1. The number of para-hydroxylation sites is 1. The Bertz CT molecular complexity index is 1560. The second-order valence-electron chi connectivity index (χ2n) is 9.45. The molecule has 196 valence electrons. The molecule has 0 aliphatic carbocycles. The van der Waals surface area contributed by atoms with Crippen molar-refractivity contribution in [3.05, 3.63) is 68.7 Å². The molecule has 0 unspecified atom stereocenters. The highest BCUT2D eigenvalue weighted by Gasteiger charge is 2.35. The van der Waals surface area contributed by atoms with Crippen LogP contribution in [0.5, 0.6) is 5.75 Å². The van der Waals surface area contributed by atoms with Gasteiger partial charge in [-0.1, -0.05) is 18.2 Å². The Labute approximate surface area is 217 Å². The number of aryl methyl sites for hydroxylation is 1. The molecule has 0 aliphatic heterocycles. The molecule has 1 amide bonds. The van der Waals surface area contributed by atoms with E-state index in [-0.39, 0.29) is 18.0 Å². The summed E-state index contributed by atoms with van der Waals surface area (Å²) < 4.78 is 19.7. The summed E-state index contributed by atoms with van der Waals surface area (Å²) in [4.78, 5) is 45.3. The lowest BCUT2D eigenvalue weighted by Gasteiger charge is -2.27. The van der Waals surface area contributed by atoms with Gasteiger partial charge in [-0.2, -0.15) is 0 Å². The number of ether oxygens (including phenoxy) is 2. The van der Waals surface area contributed by atoms with Crippen molar-refractivity contribution < 1.29 is 18.7 Å². The first-order valence-corrected chi connectivity index (χ1v) is 12.6. The largest absolute Gasteiger partial charge is 0.496 e. The number of nitrogens with zero attached hydrogens (tertiary/aromatic N) is 3. The van der Waals surface area contributed by atoms with E-state index in [0.717, 1.165) is 10.1 Å². The number of rotatable bonds is 9. The minimum atomic E-state index is -1.58. The van der Waals surface area contributed by atoms with Crippen LogP contribution in [0.15, 0.2) is 50.7 Å². The summed E-state index contributed by atoms with van der Waals surface area (Å²) in [5.41, 5.74) is 4.11. The fourth-order valence-corrected chi connectivity index (χ4v) is 5.53. The number of aromatic nitrogens is 3. The van der Waals surface area contributed by atoms with E-state index in [4.69, 9.17) is 19.6 Å². The molecule has 0 radical (unpaired) electrons. The number of benzene rings is 1. The standard InChI is InChI=1S/C26H30N4O6S/c1-14(2)36-18(16-9-7-8-10-17(16)34-6)13-29-23-19(15(3)20(37-23)21-28-11-12-35-21)22(31)30(25(29)33)26(4,5)24(27)32/h7-12,14,18H,13H2,1-6H3,(H2,27,32)/t18-/m1/s1. The summed E-state index contributed by atoms with van der Waals surface area (Å²) in [6, 6.07) is 7.40. The van der Waals surface area contributed by atoms with Crippen LogP contribution >= 0.6 is 11.3 Å². The number of hydrogen-bond donors (Lipinski definition) is 1. The number of oxazole rings is 1. The maximum Gasteiger partial charge on any atom is 0.333 e. The molecule has 2 N–H and O–H groups in total. The lowest BCUT2D eigenvalue weighted by atomic mass is 10.0. The van der Waals surface area contributed by atoms with Crippen molar-refractivity contribution in [3.63, 3.8) is 0 Å². The Morgan fingerprint density at radius 1 is 1.24 bits per heavy atom. The van der Waals surface area contributed by atoms with E-state index in [2.05, 4.69) is 4.98 Å². The minimum Gasteiger partial charge on any atom is -0.496 e. The number of hydrogen-bond acceptors (Lipinski definition) is 8. The lowest BCUT2D eigenvalue weighted by Crippen LogP contribution is -2.54. The highest BCUT2D eigenvalue weighted by Crippen LogP contribution is 2.37. The van der Waals surface area contributed by atoms with Crippen molar-refractivity contribution in [3.8, 4) is 16.5 Å². The quantitative estimate of drug-likeness (QED) is 0.353. The zero-order valence-corrected chi connectivity index (χ0v) is 22.4. The van der Waals surface area contributed by atoms with Crippen molar-refractivity contribution in [1.82, 2.24) is 14.1 Å². The maximum atomic E-state index is 14.0. The number of nitrogens with two attached hydrogens (primary N) is 1. The zero-order valence-electron chi connectivity index (χ0n) is 21.6. The fourth-order valence-electron chi connectivity index (χ4n) is 4.29. The Balaban J connectivity index is 2.06. The van der Waals surface area contributed by atoms with Gasteiger partial charge in [0.05, 0.1) is 36.2 Å².